The zero-order valence-corrected chi connectivity index (χ0v) is 21.2. The number of anilines is 2. The largest absolute Gasteiger partial charge is 0.437 e. The van der Waals surface area contributed by atoms with Gasteiger partial charge in [-0.2, -0.15) is 0 Å². The molecule has 0 amide bonds. The third-order valence-corrected chi connectivity index (χ3v) is 7.24. The molecule has 0 unspecified atom stereocenters. The number of aryl methyl sites for hydroxylation is 1. The maximum absolute atomic E-state index is 13.4. The molecule has 2 aromatic heterocycles. The summed E-state index contributed by atoms with van der Waals surface area (Å²) in [7, 11) is 0. The standard InChI is InChI=1S/C29H30F2N6O/c1-18-9-10-21-22(6-2-8-24(21)35-16-19-15-29(19,30)31)26(18)38-27-23(7-4-13-33-27)25-11-14-34-28(37-25)36-20-5-3-12-32-17-20/h2,4,6-11,13-14,19-20,32,35H,3,5,12,15-17H2,1H3,(H,34,36,37)/t19-,20-/m0/s1. The molecule has 3 N–H and O–H groups in total. The van der Waals surface area contributed by atoms with Crippen LogP contribution in [0.2, 0.25) is 0 Å². The van der Waals surface area contributed by atoms with Crippen LogP contribution in [0, 0.1) is 12.8 Å². The van der Waals surface area contributed by atoms with E-state index in [1.54, 1.807) is 12.4 Å². The van der Waals surface area contributed by atoms with Gasteiger partial charge in [0.15, 0.2) is 0 Å². The van der Waals surface area contributed by atoms with Crippen molar-refractivity contribution in [1.82, 2.24) is 20.3 Å². The smallest absolute Gasteiger partial charge is 0.253 e. The van der Waals surface area contributed by atoms with Crippen molar-refractivity contribution < 1.29 is 13.5 Å². The summed E-state index contributed by atoms with van der Waals surface area (Å²) in [6.07, 6.45) is 5.56. The van der Waals surface area contributed by atoms with E-state index in [4.69, 9.17) is 9.72 Å². The van der Waals surface area contributed by atoms with Crippen LogP contribution in [0.15, 0.2) is 60.9 Å². The Labute approximate surface area is 220 Å². The van der Waals surface area contributed by atoms with E-state index in [2.05, 4.69) is 25.9 Å². The van der Waals surface area contributed by atoms with Gasteiger partial charge in [-0.25, -0.2) is 23.7 Å². The number of hydrogen-bond acceptors (Lipinski definition) is 7. The van der Waals surface area contributed by atoms with Gasteiger partial charge >= 0.3 is 0 Å². The Morgan fingerprint density at radius 1 is 1.05 bits per heavy atom. The maximum Gasteiger partial charge on any atom is 0.253 e. The Hall–Kier alpha value is -3.85. The maximum atomic E-state index is 13.4. The first-order valence-electron chi connectivity index (χ1n) is 13.1. The lowest BCUT2D eigenvalue weighted by molar-refractivity contribution is 0.101. The van der Waals surface area contributed by atoms with Crippen LogP contribution in [-0.4, -0.2) is 46.6 Å². The first kappa shape index (κ1) is 24.5. The molecular formula is C29H30F2N6O. The molecule has 1 saturated carbocycles. The number of hydrogen-bond donors (Lipinski definition) is 3. The van der Waals surface area contributed by atoms with E-state index >= 15 is 0 Å². The molecule has 1 aliphatic carbocycles. The van der Waals surface area contributed by atoms with Crippen molar-refractivity contribution in [2.24, 2.45) is 5.92 Å². The summed E-state index contributed by atoms with van der Waals surface area (Å²) in [4.78, 5) is 13.7. The van der Waals surface area contributed by atoms with Gasteiger partial charge in [-0.1, -0.05) is 24.3 Å². The molecule has 7 nitrogen and oxygen atoms in total. The highest BCUT2D eigenvalue weighted by Crippen LogP contribution is 2.48. The van der Waals surface area contributed by atoms with Gasteiger partial charge < -0.3 is 20.7 Å². The molecule has 196 valence electrons. The highest BCUT2D eigenvalue weighted by atomic mass is 19.3. The van der Waals surface area contributed by atoms with Crippen molar-refractivity contribution in [3.63, 3.8) is 0 Å². The summed E-state index contributed by atoms with van der Waals surface area (Å²) in [5.41, 5.74) is 3.20. The number of pyridine rings is 1. The Kier molecular flexibility index (Phi) is 6.53. The molecule has 2 fully saturated rings. The first-order valence-corrected chi connectivity index (χ1v) is 13.1. The third-order valence-electron chi connectivity index (χ3n) is 7.24. The Morgan fingerprint density at radius 2 is 1.95 bits per heavy atom. The average molecular weight is 517 g/mol. The minimum Gasteiger partial charge on any atom is -0.437 e. The van der Waals surface area contributed by atoms with Crippen LogP contribution < -0.4 is 20.7 Å². The fourth-order valence-electron chi connectivity index (χ4n) is 4.95. The predicted molar refractivity (Wildman–Crippen MR) is 145 cm³/mol. The summed E-state index contributed by atoms with van der Waals surface area (Å²) < 4.78 is 33.3. The van der Waals surface area contributed by atoms with Gasteiger partial charge in [0.05, 0.1) is 11.3 Å². The van der Waals surface area contributed by atoms with Gasteiger partial charge in [0, 0.05) is 60.3 Å². The summed E-state index contributed by atoms with van der Waals surface area (Å²) in [6.45, 7) is 4.14. The number of rotatable bonds is 8. The number of alkyl halides is 2. The molecule has 2 aliphatic rings. The molecule has 4 aromatic rings. The second-order valence-electron chi connectivity index (χ2n) is 10.1. The molecule has 0 radical (unpaired) electrons. The van der Waals surface area contributed by atoms with Gasteiger partial charge in [0.1, 0.15) is 5.75 Å². The van der Waals surface area contributed by atoms with Crippen molar-refractivity contribution in [3.05, 3.63) is 66.5 Å². The first-order chi connectivity index (χ1) is 18.5. The van der Waals surface area contributed by atoms with Crippen molar-refractivity contribution in [1.29, 1.82) is 0 Å². The number of nitrogens with one attached hydrogen (secondary N) is 3. The Morgan fingerprint density at radius 3 is 2.76 bits per heavy atom. The van der Waals surface area contributed by atoms with E-state index in [-0.39, 0.29) is 19.0 Å². The monoisotopic (exact) mass is 516 g/mol. The molecule has 1 aliphatic heterocycles. The summed E-state index contributed by atoms with van der Waals surface area (Å²) >= 11 is 0. The molecule has 0 spiro atoms. The normalized spacial score (nSPS) is 20.2. The van der Waals surface area contributed by atoms with Crippen LogP contribution in [0.4, 0.5) is 20.4 Å². The number of ether oxygens (including phenoxy) is 1. The minimum atomic E-state index is -2.55. The second-order valence-corrected chi connectivity index (χ2v) is 10.1. The fourth-order valence-corrected chi connectivity index (χ4v) is 4.95. The molecule has 9 heteroatoms. The molecule has 2 atom stereocenters. The number of fused-ring (bicyclic) bond motifs is 1. The van der Waals surface area contributed by atoms with E-state index in [9.17, 15) is 8.78 Å². The lowest BCUT2D eigenvalue weighted by Crippen LogP contribution is -2.38. The van der Waals surface area contributed by atoms with Gasteiger partial charge in [-0.15, -0.1) is 0 Å². The molecule has 6 rings (SSSR count). The number of piperidine rings is 1. The van der Waals surface area contributed by atoms with E-state index < -0.39 is 11.8 Å². The van der Waals surface area contributed by atoms with Gasteiger partial charge in [0.2, 0.25) is 11.8 Å². The number of benzene rings is 2. The molecule has 1 saturated heterocycles. The van der Waals surface area contributed by atoms with Gasteiger partial charge in [0.25, 0.3) is 5.92 Å². The van der Waals surface area contributed by atoms with Crippen molar-refractivity contribution in [2.45, 2.75) is 38.2 Å². The highest BCUT2D eigenvalue weighted by Gasteiger charge is 2.56. The number of aromatic nitrogens is 3. The van der Waals surface area contributed by atoms with E-state index in [1.807, 2.05) is 55.5 Å². The van der Waals surface area contributed by atoms with E-state index in [0.29, 0.717) is 23.3 Å². The lowest BCUT2D eigenvalue weighted by Gasteiger charge is -2.23. The van der Waals surface area contributed by atoms with Gasteiger partial charge in [-0.05, 0) is 56.1 Å². The Balaban J connectivity index is 1.29. The number of halogens is 2. The van der Waals surface area contributed by atoms with E-state index in [0.717, 1.165) is 53.5 Å². The van der Waals surface area contributed by atoms with Crippen LogP contribution in [0.25, 0.3) is 22.0 Å². The average Bonchev–Trinajstić information content (AvgIpc) is 3.56. The van der Waals surface area contributed by atoms with E-state index in [1.165, 1.54) is 0 Å². The van der Waals surface area contributed by atoms with Crippen molar-refractivity contribution in [2.75, 3.05) is 30.3 Å². The quantitative estimate of drug-likeness (QED) is 0.264. The minimum absolute atomic E-state index is 0.0570. The molecular weight excluding hydrogens is 486 g/mol. The van der Waals surface area contributed by atoms with Crippen LogP contribution in [0.5, 0.6) is 11.6 Å². The fraction of sp³-hybridized carbons (Fsp3) is 0.345. The SMILES string of the molecule is Cc1ccc2c(NC[C@@H]3CC3(F)F)cccc2c1Oc1ncccc1-c1ccnc(N[C@H]2CCCNC2)n1. The lowest BCUT2D eigenvalue weighted by atomic mass is 10.0. The van der Waals surface area contributed by atoms with Crippen LogP contribution in [0.1, 0.15) is 24.8 Å². The molecule has 2 aromatic carbocycles. The van der Waals surface area contributed by atoms with Gasteiger partial charge in [-0.3, -0.25) is 0 Å². The molecule has 38 heavy (non-hydrogen) atoms. The third kappa shape index (κ3) is 5.11. The summed E-state index contributed by atoms with van der Waals surface area (Å²) in [5, 5.41) is 11.8. The summed E-state index contributed by atoms with van der Waals surface area (Å²) in [5.74, 6) is -1.49. The highest BCUT2D eigenvalue weighted by molar-refractivity contribution is 5.98. The number of nitrogens with zero attached hydrogens (tertiary/aromatic N) is 3. The van der Waals surface area contributed by atoms with Crippen molar-refractivity contribution in [3.8, 4) is 22.9 Å². The zero-order chi connectivity index (χ0) is 26.1. The topological polar surface area (TPSA) is 84.0 Å². The Bertz CT molecular complexity index is 1460. The predicted octanol–water partition coefficient (Wildman–Crippen LogP) is 6.02. The van der Waals surface area contributed by atoms with Crippen LogP contribution in [0.3, 0.4) is 0 Å². The van der Waals surface area contributed by atoms with Crippen molar-refractivity contribution >= 4 is 22.4 Å². The van der Waals surface area contributed by atoms with Crippen LogP contribution >= 0.6 is 0 Å². The molecule has 0 bridgehead atoms. The van der Waals surface area contributed by atoms with Crippen LogP contribution in [-0.2, 0) is 0 Å². The summed E-state index contributed by atoms with van der Waals surface area (Å²) in [6, 6.07) is 15.7. The molecule has 3 heterocycles. The second kappa shape index (κ2) is 10.1. The zero-order valence-electron chi connectivity index (χ0n) is 21.2.